The zero-order valence-corrected chi connectivity index (χ0v) is 9.92. The van der Waals surface area contributed by atoms with Crippen LogP contribution in [0.1, 0.15) is 17.0 Å². The predicted molar refractivity (Wildman–Crippen MR) is 59.0 cm³/mol. The SMILES string of the molecule is COC1(Cc2c(C)nn(C)c2C)CNC1. The summed E-state index contributed by atoms with van der Waals surface area (Å²) in [5.74, 6) is 0. The minimum absolute atomic E-state index is 0.00144. The standard InChI is InChI=1S/C11H19N3O/c1-8-10(9(2)14(3)13-8)5-11(15-4)6-12-7-11/h12H,5-7H2,1-4H3. The Kier molecular flexibility index (Phi) is 2.56. The number of rotatable bonds is 3. The van der Waals surface area contributed by atoms with Gasteiger partial charge in [0, 0.05) is 39.4 Å². The number of aromatic nitrogens is 2. The molecule has 1 aromatic rings. The summed E-state index contributed by atoms with van der Waals surface area (Å²) in [6.07, 6.45) is 0.960. The fourth-order valence-corrected chi connectivity index (χ4v) is 2.14. The van der Waals surface area contributed by atoms with Crippen molar-refractivity contribution in [2.75, 3.05) is 20.2 Å². The summed E-state index contributed by atoms with van der Waals surface area (Å²) in [4.78, 5) is 0. The number of nitrogens with zero attached hydrogens (tertiary/aromatic N) is 2. The van der Waals surface area contributed by atoms with E-state index in [0.29, 0.717) is 0 Å². The highest BCUT2D eigenvalue weighted by atomic mass is 16.5. The van der Waals surface area contributed by atoms with Crippen molar-refractivity contribution in [2.24, 2.45) is 7.05 Å². The summed E-state index contributed by atoms with van der Waals surface area (Å²) in [6, 6.07) is 0. The second kappa shape index (κ2) is 3.61. The molecule has 15 heavy (non-hydrogen) atoms. The zero-order valence-electron chi connectivity index (χ0n) is 9.92. The van der Waals surface area contributed by atoms with E-state index in [-0.39, 0.29) is 5.60 Å². The van der Waals surface area contributed by atoms with Crippen molar-refractivity contribution >= 4 is 0 Å². The lowest BCUT2D eigenvalue weighted by molar-refractivity contribution is -0.0504. The molecule has 1 aliphatic rings. The van der Waals surface area contributed by atoms with Crippen LogP contribution in [0.5, 0.6) is 0 Å². The van der Waals surface area contributed by atoms with Gasteiger partial charge in [-0.3, -0.25) is 4.68 Å². The fourth-order valence-electron chi connectivity index (χ4n) is 2.14. The Morgan fingerprint density at radius 1 is 1.47 bits per heavy atom. The van der Waals surface area contributed by atoms with Crippen molar-refractivity contribution in [1.29, 1.82) is 0 Å². The van der Waals surface area contributed by atoms with Gasteiger partial charge in [-0.15, -0.1) is 0 Å². The highest BCUT2D eigenvalue weighted by Crippen LogP contribution is 2.25. The minimum atomic E-state index is -0.00144. The Bertz CT molecular complexity index is 361. The highest BCUT2D eigenvalue weighted by Gasteiger charge is 2.38. The van der Waals surface area contributed by atoms with Crippen molar-refractivity contribution in [3.8, 4) is 0 Å². The predicted octanol–water partition coefficient (Wildman–Crippen LogP) is 0.568. The first-order chi connectivity index (χ1) is 7.08. The van der Waals surface area contributed by atoms with Gasteiger partial charge in [-0.2, -0.15) is 5.10 Å². The van der Waals surface area contributed by atoms with E-state index in [1.165, 1.54) is 11.3 Å². The Balaban J connectivity index is 2.23. The summed E-state index contributed by atoms with van der Waals surface area (Å²) in [6.45, 7) is 6.07. The van der Waals surface area contributed by atoms with Crippen LogP contribution in [0, 0.1) is 13.8 Å². The van der Waals surface area contributed by atoms with E-state index in [0.717, 1.165) is 25.2 Å². The van der Waals surface area contributed by atoms with Crippen molar-refractivity contribution in [1.82, 2.24) is 15.1 Å². The van der Waals surface area contributed by atoms with E-state index in [9.17, 15) is 0 Å². The average Bonchev–Trinajstić information content (AvgIpc) is 2.37. The largest absolute Gasteiger partial charge is 0.375 e. The maximum atomic E-state index is 5.60. The molecular weight excluding hydrogens is 190 g/mol. The third-order valence-electron chi connectivity index (χ3n) is 3.49. The molecule has 1 saturated heterocycles. The molecule has 4 heteroatoms. The van der Waals surface area contributed by atoms with Gasteiger partial charge >= 0.3 is 0 Å². The smallest absolute Gasteiger partial charge is 0.0967 e. The van der Waals surface area contributed by atoms with Gasteiger partial charge in [0.15, 0.2) is 0 Å². The third kappa shape index (κ3) is 1.68. The van der Waals surface area contributed by atoms with E-state index in [2.05, 4.69) is 24.3 Å². The average molecular weight is 209 g/mol. The highest BCUT2D eigenvalue weighted by molar-refractivity contribution is 5.27. The fraction of sp³-hybridized carbons (Fsp3) is 0.727. The van der Waals surface area contributed by atoms with E-state index >= 15 is 0 Å². The van der Waals surface area contributed by atoms with Gasteiger partial charge in [0.25, 0.3) is 0 Å². The number of nitrogens with one attached hydrogen (secondary N) is 1. The lowest BCUT2D eigenvalue weighted by Crippen LogP contribution is -2.62. The summed E-state index contributed by atoms with van der Waals surface area (Å²) >= 11 is 0. The normalized spacial score (nSPS) is 18.9. The van der Waals surface area contributed by atoms with Crippen LogP contribution in [0.25, 0.3) is 0 Å². The Labute approximate surface area is 90.6 Å². The van der Waals surface area contributed by atoms with Crippen LogP contribution >= 0.6 is 0 Å². The summed E-state index contributed by atoms with van der Waals surface area (Å²) in [5, 5.41) is 7.69. The molecule has 1 aliphatic heterocycles. The summed E-state index contributed by atoms with van der Waals surface area (Å²) in [5.41, 5.74) is 3.70. The van der Waals surface area contributed by atoms with Crippen LogP contribution in [-0.4, -0.2) is 35.6 Å². The van der Waals surface area contributed by atoms with Crippen molar-refractivity contribution in [3.05, 3.63) is 17.0 Å². The molecular formula is C11H19N3O. The topological polar surface area (TPSA) is 39.1 Å². The number of ether oxygens (including phenoxy) is 1. The van der Waals surface area contributed by atoms with Crippen LogP contribution in [0.2, 0.25) is 0 Å². The molecule has 1 aromatic heterocycles. The van der Waals surface area contributed by atoms with E-state index in [1.807, 2.05) is 11.7 Å². The van der Waals surface area contributed by atoms with Crippen LogP contribution in [0.4, 0.5) is 0 Å². The molecule has 0 radical (unpaired) electrons. The molecule has 0 spiro atoms. The lowest BCUT2D eigenvalue weighted by atomic mass is 9.88. The lowest BCUT2D eigenvalue weighted by Gasteiger charge is -2.41. The molecule has 2 heterocycles. The molecule has 0 saturated carbocycles. The van der Waals surface area contributed by atoms with Gasteiger partial charge in [-0.25, -0.2) is 0 Å². The van der Waals surface area contributed by atoms with Crippen molar-refractivity contribution < 1.29 is 4.74 Å². The summed E-state index contributed by atoms with van der Waals surface area (Å²) in [7, 11) is 3.78. The van der Waals surface area contributed by atoms with E-state index < -0.39 is 0 Å². The number of methoxy groups -OCH3 is 1. The minimum Gasteiger partial charge on any atom is -0.375 e. The van der Waals surface area contributed by atoms with E-state index in [4.69, 9.17) is 4.74 Å². The molecule has 0 bridgehead atoms. The molecule has 1 N–H and O–H groups in total. The quantitative estimate of drug-likeness (QED) is 0.791. The van der Waals surface area contributed by atoms with Crippen LogP contribution in [0.3, 0.4) is 0 Å². The molecule has 1 fully saturated rings. The molecule has 84 valence electrons. The van der Waals surface area contributed by atoms with Gasteiger partial charge in [0.1, 0.15) is 0 Å². The maximum Gasteiger partial charge on any atom is 0.0967 e. The Hall–Kier alpha value is -0.870. The number of aryl methyl sites for hydroxylation is 2. The molecule has 0 unspecified atom stereocenters. The van der Waals surface area contributed by atoms with Crippen LogP contribution in [0.15, 0.2) is 0 Å². The first-order valence-corrected chi connectivity index (χ1v) is 5.33. The van der Waals surface area contributed by atoms with Crippen molar-refractivity contribution in [2.45, 2.75) is 25.9 Å². The van der Waals surface area contributed by atoms with Gasteiger partial charge < -0.3 is 10.1 Å². The van der Waals surface area contributed by atoms with Crippen LogP contribution in [-0.2, 0) is 18.2 Å². The molecule has 0 amide bonds. The number of hydrogen-bond acceptors (Lipinski definition) is 3. The van der Waals surface area contributed by atoms with Gasteiger partial charge in [-0.05, 0) is 19.4 Å². The van der Waals surface area contributed by atoms with Gasteiger partial charge in [0.05, 0.1) is 11.3 Å². The maximum absolute atomic E-state index is 5.60. The first-order valence-electron chi connectivity index (χ1n) is 5.33. The summed E-state index contributed by atoms with van der Waals surface area (Å²) < 4.78 is 7.54. The molecule has 0 atom stereocenters. The van der Waals surface area contributed by atoms with Gasteiger partial charge in [0.2, 0.25) is 0 Å². The number of hydrogen-bond donors (Lipinski definition) is 1. The Morgan fingerprint density at radius 2 is 2.13 bits per heavy atom. The molecule has 2 rings (SSSR count). The second-order valence-corrected chi connectivity index (χ2v) is 4.44. The second-order valence-electron chi connectivity index (χ2n) is 4.44. The first kappa shape index (κ1) is 10.6. The molecule has 0 aliphatic carbocycles. The van der Waals surface area contributed by atoms with Crippen LogP contribution < -0.4 is 5.32 Å². The zero-order chi connectivity index (χ0) is 11.1. The third-order valence-corrected chi connectivity index (χ3v) is 3.49. The Morgan fingerprint density at radius 3 is 2.47 bits per heavy atom. The van der Waals surface area contributed by atoms with E-state index in [1.54, 1.807) is 7.11 Å². The monoisotopic (exact) mass is 209 g/mol. The van der Waals surface area contributed by atoms with Crippen molar-refractivity contribution in [3.63, 3.8) is 0 Å². The van der Waals surface area contributed by atoms with Gasteiger partial charge in [-0.1, -0.05) is 0 Å². The molecule has 4 nitrogen and oxygen atoms in total. The molecule has 0 aromatic carbocycles.